The summed E-state index contributed by atoms with van der Waals surface area (Å²) in [6.45, 7) is 0. The molecule has 0 bridgehead atoms. The van der Waals surface area contributed by atoms with Gasteiger partial charge < -0.3 is 0 Å². The summed E-state index contributed by atoms with van der Waals surface area (Å²) in [5, 5.41) is 15.4. The average Bonchev–Trinajstić information content (AvgIpc) is 3.11. The number of aromatic nitrogens is 5. The molecule has 0 aliphatic rings. The van der Waals surface area contributed by atoms with E-state index >= 15 is 0 Å². The summed E-state index contributed by atoms with van der Waals surface area (Å²) in [6.07, 6.45) is 2.89. The van der Waals surface area contributed by atoms with E-state index in [1.807, 2.05) is 0 Å². The fraction of sp³-hybridized carbons (Fsp3) is 0. The molecular formula is C11H7FN6OS. The normalized spacial score (nSPS) is 10.4. The highest BCUT2D eigenvalue weighted by atomic mass is 32.1. The fourth-order valence-corrected chi connectivity index (χ4v) is 2.14. The third-order valence-corrected chi connectivity index (χ3v) is 3.14. The second-order valence-corrected chi connectivity index (χ2v) is 4.60. The fourth-order valence-electron chi connectivity index (χ4n) is 1.61. The van der Waals surface area contributed by atoms with Crippen LogP contribution in [0.2, 0.25) is 0 Å². The Hall–Kier alpha value is -2.68. The molecule has 9 heteroatoms. The van der Waals surface area contributed by atoms with Gasteiger partial charge in [0.05, 0.1) is 11.3 Å². The molecular weight excluding hydrogens is 283 g/mol. The van der Waals surface area contributed by atoms with Crippen LogP contribution in [0.1, 0.15) is 10.4 Å². The maximum Gasteiger partial charge on any atom is 0.259 e. The van der Waals surface area contributed by atoms with Gasteiger partial charge in [0.2, 0.25) is 0 Å². The summed E-state index contributed by atoms with van der Waals surface area (Å²) in [5.41, 5.74) is 0.498. The van der Waals surface area contributed by atoms with Gasteiger partial charge in [0, 0.05) is 11.6 Å². The summed E-state index contributed by atoms with van der Waals surface area (Å²) in [4.78, 5) is 16.1. The smallest absolute Gasteiger partial charge is 0.259 e. The van der Waals surface area contributed by atoms with E-state index in [9.17, 15) is 9.18 Å². The number of carbonyl (C=O) groups is 1. The molecule has 0 spiro atoms. The Balaban J connectivity index is 1.99. The number of nitrogens with one attached hydrogen (secondary N) is 1. The van der Waals surface area contributed by atoms with Crippen LogP contribution in [-0.2, 0) is 0 Å². The number of anilines is 1. The molecule has 0 radical (unpaired) electrons. The molecule has 0 saturated carbocycles. The van der Waals surface area contributed by atoms with Crippen molar-refractivity contribution >= 4 is 22.4 Å². The minimum Gasteiger partial charge on any atom is -0.298 e. The zero-order valence-corrected chi connectivity index (χ0v) is 10.7. The zero-order valence-electron chi connectivity index (χ0n) is 9.89. The molecule has 0 atom stereocenters. The topological polar surface area (TPSA) is 85.6 Å². The molecule has 3 aromatic rings. The van der Waals surface area contributed by atoms with Crippen LogP contribution in [-0.4, -0.2) is 31.1 Å². The van der Waals surface area contributed by atoms with E-state index < -0.39 is 11.7 Å². The van der Waals surface area contributed by atoms with Crippen molar-refractivity contribution in [3.05, 3.63) is 47.5 Å². The molecule has 3 rings (SSSR count). The summed E-state index contributed by atoms with van der Waals surface area (Å²) >= 11 is 1.27. The van der Waals surface area contributed by atoms with Crippen molar-refractivity contribution in [3.8, 4) is 5.69 Å². The van der Waals surface area contributed by atoms with Crippen LogP contribution in [0, 0.1) is 5.82 Å². The molecule has 1 amide bonds. The van der Waals surface area contributed by atoms with Gasteiger partial charge in [-0.1, -0.05) is 0 Å². The summed E-state index contributed by atoms with van der Waals surface area (Å²) in [5.74, 6) is -1.00. The van der Waals surface area contributed by atoms with E-state index in [-0.39, 0.29) is 5.56 Å². The van der Waals surface area contributed by atoms with Gasteiger partial charge in [-0.2, -0.15) is 4.68 Å². The number of nitrogens with zero attached hydrogens (tertiary/aromatic N) is 5. The first-order valence-electron chi connectivity index (χ1n) is 5.48. The molecule has 0 aliphatic heterocycles. The molecule has 7 nitrogen and oxygen atoms in total. The summed E-state index contributed by atoms with van der Waals surface area (Å²) in [6, 6.07) is 3.79. The number of hydrogen-bond acceptors (Lipinski definition) is 6. The number of tetrazole rings is 1. The minimum absolute atomic E-state index is 0.118. The van der Waals surface area contributed by atoms with E-state index in [1.54, 1.807) is 11.6 Å². The highest BCUT2D eigenvalue weighted by molar-refractivity contribution is 7.13. The van der Waals surface area contributed by atoms with E-state index in [0.29, 0.717) is 10.8 Å². The number of thiazole rings is 1. The van der Waals surface area contributed by atoms with Gasteiger partial charge in [-0.25, -0.2) is 9.37 Å². The lowest BCUT2D eigenvalue weighted by molar-refractivity contribution is 0.102. The summed E-state index contributed by atoms with van der Waals surface area (Å²) < 4.78 is 14.7. The van der Waals surface area contributed by atoms with Crippen LogP contribution < -0.4 is 5.32 Å². The Bertz CT molecular complexity index is 727. The first kappa shape index (κ1) is 12.4. The Morgan fingerprint density at radius 3 is 3.00 bits per heavy atom. The molecule has 0 fully saturated rings. The second kappa shape index (κ2) is 5.13. The quantitative estimate of drug-likeness (QED) is 0.790. The number of benzene rings is 1. The van der Waals surface area contributed by atoms with Gasteiger partial charge in [0.1, 0.15) is 12.1 Å². The Morgan fingerprint density at radius 1 is 1.40 bits per heavy atom. The molecule has 0 aliphatic carbocycles. The lowest BCUT2D eigenvalue weighted by Gasteiger charge is -2.08. The largest absolute Gasteiger partial charge is 0.298 e. The van der Waals surface area contributed by atoms with Crippen molar-refractivity contribution < 1.29 is 9.18 Å². The maximum absolute atomic E-state index is 13.4. The van der Waals surface area contributed by atoms with Crippen LogP contribution in [0.25, 0.3) is 5.69 Å². The van der Waals surface area contributed by atoms with Gasteiger partial charge in [-0.3, -0.25) is 10.1 Å². The Morgan fingerprint density at radius 2 is 2.30 bits per heavy atom. The van der Waals surface area contributed by atoms with Crippen LogP contribution in [0.3, 0.4) is 0 Å². The molecule has 100 valence electrons. The van der Waals surface area contributed by atoms with Gasteiger partial charge in [0.15, 0.2) is 5.13 Å². The monoisotopic (exact) mass is 290 g/mol. The SMILES string of the molecule is O=C(Nc1nccs1)c1cc(F)ccc1-n1cnnn1. The van der Waals surface area contributed by atoms with Gasteiger partial charge in [-0.05, 0) is 28.6 Å². The van der Waals surface area contributed by atoms with Crippen LogP contribution in [0.15, 0.2) is 36.1 Å². The number of halogens is 1. The second-order valence-electron chi connectivity index (χ2n) is 3.71. The van der Waals surface area contributed by atoms with Crippen molar-refractivity contribution in [2.75, 3.05) is 5.32 Å². The highest BCUT2D eigenvalue weighted by Gasteiger charge is 2.16. The third-order valence-electron chi connectivity index (χ3n) is 2.45. The predicted molar refractivity (Wildman–Crippen MR) is 69.2 cm³/mol. The van der Waals surface area contributed by atoms with Gasteiger partial charge in [0.25, 0.3) is 5.91 Å². The standard InChI is InChI=1S/C11H7FN6OS/c12-7-1-2-9(18-6-14-16-17-18)8(5-7)10(19)15-11-13-3-4-20-11/h1-6H,(H,13,15,19). The number of carbonyl (C=O) groups excluding carboxylic acids is 1. The minimum atomic E-state index is -0.522. The van der Waals surface area contributed by atoms with Crippen molar-refractivity contribution in [3.63, 3.8) is 0 Å². The highest BCUT2D eigenvalue weighted by Crippen LogP contribution is 2.18. The van der Waals surface area contributed by atoms with E-state index in [4.69, 9.17) is 0 Å². The first-order chi connectivity index (χ1) is 9.74. The molecule has 0 saturated heterocycles. The number of amides is 1. The number of rotatable bonds is 3. The predicted octanol–water partition coefficient (Wildman–Crippen LogP) is 1.51. The molecule has 2 heterocycles. The first-order valence-corrected chi connectivity index (χ1v) is 6.36. The summed E-state index contributed by atoms with van der Waals surface area (Å²) in [7, 11) is 0. The number of hydrogen-bond donors (Lipinski definition) is 1. The van der Waals surface area contributed by atoms with Gasteiger partial charge >= 0.3 is 0 Å². The molecule has 1 N–H and O–H groups in total. The lowest BCUT2D eigenvalue weighted by atomic mass is 10.1. The van der Waals surface area contributed by atoms with E-state index in [0.717, 1.165) is 6.07 Å². The van der Waals surface area contributed by atoms with Crippen molar-refractivity contribution in [2.24, 2.45) is 0 Å². The zero-order chi connectivity index (χ0) is 13.9. The van der Waals surface area contributed by atoms with Crippen LogP contribution in [0.5, 0.6) is 0 Å². The molecule has 0 unspecified atom stereocenters. The third kappa shape index (κ3) is 2.38. The Kier molecular flexibility index (Phi) is 3.17. The van der Waals surface area contributed by atoms with Crippen LogP contribution in [0.4, 0.5) is 9.52 Å². The molecule has 20 heavy (non-hydrogen) atoms. The van der Waals surface area contributed by atoms with Gasteiger partial charge in [-0.15, -0.1) is 16.4 Å². The van der Waals surface area contributed by atoms with Crippen molar-refractivity contribution in [1.29, 1.82) is 0 Å². The van der Waals surface area contributed by atoms with E-state index in [2.05, 4.69) is 25.8 Å². The Labute approximate surface area is 116 Å². The van der Waals surface area contributed by atoms with Crippen molar-refractivity contribution in [2.45, 2.75) is 0 Å². The van der Waals surface area contributed by atoms with Crippen LogP contribution >= 0.6 is 11.3 Å². The van der Waals surface area contributed by atoms with E-state index in [1.165, 1.54) is 34.5 Å². The molecule has 1 aromatic carbocycles. The maximum atomic E-state index is 13.4. The average molecular weight is 290 g/mol. The lowest BCUT2D eigenvalue weighted by Crippen LogP contribution is -2.15. The molecule has 2 aromatic heterocycles. The van der Waals surface area contributed by atoms with Crippen molar-refractivity contribution in [1.82, 2.24) is 25.2 Å².